The minimum atomic E-state index is -0.298. The van der Waals surface area contributed by atoms with Crippen LogP contribution < -0.4 is 5.32 Å². The molecule has 1 N–H and O–H groups in total. The molecule has 94 valence electrons. The van der Waals surface area contributed by atoms with Gasteiger partial charge in [-0.25, -0.2) is 4.39 Å². The van der Waals surface area contributed by atoms with Crippen molar-refractivity contribution in [3.8, 4) is 0 Å². The van der Waals surface area contributed by atoms with Crippen LogP contribution in [0, 0.1) is 5.82 Å². The van der Waals surface area contributed by atoms with Crippen LogP contribution in [0.1, 0.15) is 18.5 Å². The topological polar surface area (TPSA) is 50.7 Å². The van der Waals surface area contributed by atoms with Crippen molar-refractivity contribution in [2.45, 2.75) is 13.0 Å². The molecule has 0 bridgehead atoms. The molecular formula is C11H9Cl2FN4. The zero-order valence-corrected chi connectivity index (χ0v) is 10.9. The lowest BCUT2D eigenvalue weighted by atomic mass is 10.1. The highest BCUT2D eigenvalue weighted by molar-refractivity contribution is 6.31. The van der Waals surface area contributed by atoms with E-state index in [0.29, 0.717) is 0 Å². The summed E-state index contributed by atoms with van der Waals surface area (Å²) in [6.07, 6.45) is 0. The van der Waals surface area contributed by atoms with E-state index in [-0.39, 0.29) is 28.4 Å². The van der Waals surface area contributed by atoms with Crippen molar-refractivity contribution in [3.05, 3.63) is 46.2 Å². The lowest BCUT2D eigenvalue weighted by Crippen LogP contribution is -2.10. The number of aromatic nitrogens is 3. The predicted octanol–water partition coefficient (Wildman–Crippen LogP) is 3.49. The summed E-state index contributed by atoms with van der Waals surface area (Å²) in [5.74, 6) is -0.0513. The van der Waals surface area contributed by atoms with Gasteiger partial charge in [-0.1, -0.05) is 12.1 Å². The average molecular weight is 287 g/mol. The second-order valence-electron chi connectivity index (χ2n) is 3.62. The van der Waals surface area contributed by atoms with Crippen molar-refractivity contribution in [2.24, 2.45) is 0 Å². The molecule has 0 fully saturated rings. The third kappa shape index (κ3) is 3.27. The first-order valence-electron chi connectivity index (χ1n) is 5.13. The Hall–Kier alpha value is -1.46. The zero-order chi connectivity index (χ0) is 13.1. The molecule has 1 heterocycles. The molecular weight excluding hydrogens is 278 g/mol. The monoisotopic (exact) mass is 286 g/mol. The first kappa shape index (κ1) is 13.0. The summed E-state index contributed by atoms with van der Waals surface area (Å²) in [4.78, 5) is 11.4. The highest BCUT2D eigenvalue weighted by Gasteiger charge is 2.09. The maximum absolute atomic E-state index is 13.1. The molecule has 1 aromatic heterocycles. The molecule has 0 spiro atoms. The van der Waals surface area contributed by atoms with E-state index in [1.54, 1.807) is 12.1 Å². The number of nitrogens with zero attached hydrogens (tertiary/aromatic N) is 3. The van der Waals surface area contributed by atoms with Crippen molar-refractivity contribution >= 4 is 29.2 Å². The van der Waals surface area contributed by atoms with Crippen LogP contribution in [0.5, 0.6) is 0 Å². The molecule has 0 aliphatic rings. The Morgan fingerprint density at radius 3 is 2.44 bits per heavy atom. The normalized spacial score (nSPS) is 12.2. The van der Waals surface area contributed by atoms with Crippen LogP contribution in [0.25, 0.3) is 0 Å². The quantitative estimate of drug-likeness (QED) is 0.938. The van der Waals surface area contributed by atoms with E-state index in [1.165, 1.54) is 12.1 Å². The summed E-state index contributed by atoms with van der Waals surface area (Å²) in [6.45, 7) is 1.85. The molecule has 0 saturated carbocycles. The van der Waals surface area contributed by atoms with Crippen molar-refractivity contribution in [3.63, 3.8) is 0 Å². The van der Waals surface area contributed by atoms with Gasteiger partial charge in [0, 0.05) is 0 Å². The summed E-state index contributed by atoms with van der Waals surface area (Å²) < 4.78 is 13.1. The second-order valence-corrected chi connectivity index (χ2v) is 4.29. The molecule has 1 aromatic carbocycles. The van der Waals surface area contributed by atoms with Gasteiger partial charge in [0.15, 0.2) is 0 Å². The molecule has 0 radical (unpaired) electrons. The summed E-state index contributed by atoms with van der Waals surface area (Å²) >= 11 is 11.3. The lowest BCUT2D eigenvalue weighted by Gasteiger charge is -2.14. The second kappa shape index (κ2) is 5.46. The number of nitrogens with one attached hydrogen (secondary N) is 1. The van der Waals surface area contributed by atoms with Gasteiger partial charge < -0.3 is 5.32 Å². The molecule has 7 heteroatoms. The van der Waals surface area contributed by atoms with Gasteiger partial charge in [0.2, 0.25) is 16.5 Å². The third-order valence-electron chi connectivity index (χ3n) is 2.28. The fourth-order valence-corrected chi connectivity index (χ4v) is 1.81. The van der Waals surface area contributed by atoms with Crippen molar-refractivity contribution in [2.75, 3.05) is 5.32 Å². The Bertz CT molecular complexity index is 544. The van der Waals surface area contributed by atoms with Gasteiger partial charge >= 0.3 is 0 Å². The SMILES string of the molecule is CC(Nc1nc(Cl)nc(Cl)n1)c1cccc(F)c1. The molecule has 0 saturated heterocycles. The van der Waals surface area contributed by atoms with E-state index in [4.69, 9.17) is 23.2 Å². The van der Waals surface area contributed by atoms with Crippen LogP contribution >= 0.6 is 23.2 Å². The molecule has 2 rings (SSSR count). The minimum Gasteiger partial charge on any atom is -0.348 e. The maximum atomic E-state index is 13.1. The van der Waals surface area contributed by atoms with Crippen LogP contribution in [0.4, 0.5) is 10.3 Å². The Labute approximate surface area is 113 Å². The maximum Gasteiger partial charge on any atom is 0.228 e. The fourth-order valence-electron chi connectivity index (χ4n) is 1.44. The summed E-state index contributed by atoms with van der Waals surface area (Å²) in [5.41, 5.74) is 0.766. The van der Waals surface area contributed by atoms with Crippen LogP contribution in [-0.2, 0) is 0 Å². The van der Waals surface area contributed by atoms with Crippen LogP contribution in [0.3, 0.4) is 0 Å². The molecule has 0 aliphatic carbocycles. The summed E-state index contributed by atoms with van der Waals surface area (Å²) in [7, 11) is 0. The van der Waals surface area contributed by atoms with Crippen molar-refractivity contribution < 1.29 is 4.39 Å². The number of benzene rings is 1. The highest BCUT2D eigenvalue weighted by atomic mass is 35.5. The van der Waals surface area contributed by atoms with Gasteiger partial charge in [0.05, 0.1) is 6.04 Å². The Morgan fingerprint density at radius 1 is 1.17 bits per heavy atom. The van der Waals surface area contributed by atoms with Crippen LogP contribution in [-0.4, -0.2) is 15.0 Å². The van der Waals surface area contributed by atoms with Crippen molar-refractivity contribution in [1.82, 2.24) is 15.0 Å². The Morgan fingerprint density at radius 2 is 1.83 bits per heavy atom. The Balaban J connectivity index is 2.18. The molecule has 2 aromatic rings. The average Bonchev–Trinajstić information content (AvgIpc) is 2.27. The highest BCUT2D eigenvalue weighted by Crippen LogP contribution is 2.19. The van der Waals surface area contributed by atoms with E-state index in [9.17, 15) is 4.39 Å². The van der Waals surface area contributed by atoms with Crippen LogP contribution in [0.15, 0.2) is 24.3 Å². The number of anilines is 1. The van der Waals surface area contributed by atoms with Gasteiger partial charge in [-0.3, -0.25) is 0 Å². The van der Waals surface area contributed by atoms with Gasteiger partial charge in [0.25, 0.3) is 0 Å². The van der Waals surface area contributed by atoms with E-state index < -0.39 is 0 Å². The van der Waals surface area contributed by atoms with Crippen LogP contribution in [0.2, 0.25) is 10.6 Å². The molecule has 0 aliphatic heterocycles. The smallest absolute Gasteiger partial charge is 0.228 e. The first-order chi connectivity index (χ1) is 8.54. The number of hydrogen-bond acceptors (Lipinski definition) is 4. The van der Waals surface area contributed by atoms with E-state index in [1.807, 2.05) is 6.92 Å². The van der Waals surface area contributed by atoms with E-state index >= 15 is 0 Å². The molecule has 18 heavy (non-hydrogen) atoms. The lowest BCUT2D eigenvalue weighted by molar-refractivity contribution is 0.623. The number of halogens is 3. The fraction of sp³-hybridized carbons (Fsp3) is 0.182. The largest absolute Gasteiger partial charge is 0.348 e. The number of rotatable bonds is 3. The molecule has 4 nitrogen and oxygen atoms in total. The van der Waals surface area contributed by atoms with Gasteiger partial charge in [0.1, 0.15) is 5.82 Å². The predicted molar refractivity (Wildman–Crippen MR) is 68.3 cm³/mol. The number of hydrogen-bond donors (Lipinski definition) is 1. The molecule has 0 amide bonds. The first-order valence-corrected chi connectivity index (χ1v) is 5.89. The standard InChI is InChI=1S/C11H9Cl2FN4/c1-6(7-3-2-4-8(14)5-7)15-11-17-9(12)16-10(13)18-11/h2-6H,1H3,(H,15,16,17,18). The van der Waals surface area contributed by atoms with Gasteiger partial charge in [-0.2, -0.15) is 15.0 Å². The molecule has 1 atom stereocenters. The van der Waals surface area contributed by atoms with Crippen molar-refractivity contribution in [1.29, 1.82) is 0 Å². The van der Waals surface area contributed by atoms with E-state index in [2.05, 4.69) is 20.3 Å². The zero-order valence-electron chi connectivity index (χ0n) is 9.36. The minimum absolute atomic E-state index is 0.00365. The molecule has 1 unspecified atom stereocenters. The summed E-state index contributed by atoms with van der Waals surface area (Å²) in [5, 5.41) is 2.98. The Kier molecular flexibility index (Phi) is 3.93. The van der Waals surface area contributed by atoms with E-state index in [0.717, 1.165) is 5.56 Å². The van der Waals surface area contributed by atoms with Gasteiger partial charge in [-0.05, 0) is 47.8 Å². The third-order valence-corrected chi connectivity index (χ3v) is 2.61. The summed E-state index contributed by atoms with van der Waals surface area (Å²) in [6, 6.07) is 6.06. The van der Waals surface area contributed by atoms with Gasteiger partial charge in [-0.15, -0.1) is 0 Å².